The molecule has 3 rings (SSSR count). The van der Waals surface area contributed by atoms with Crippen molar-refractivity contribution in [1.82, 2.24) is 4.37 Å². The Morgan fingerprint density at radius 2 is 2.00 bits per heavy atom. The van der Waals surface area contributed by atoms with Crippen molar-refractivity contribution in [2.45, 2.75) is 70.3 Å². The third-order valence-electron chi connectivity index (χ3n) is 4.72. The molecule has 1 atom stereocenters. The number of aromatic nitrogens is 1. The van der Waals surface area contributed by atoms with Gasteiger partial charge in [0.25, 0.3) is 0 Å². The molecular weight excluding hydrogens is 254 g/mol. The summed E-state index contributed by atoms with van der Waals surface area (Å²) in [6.07, 6.45) is 10.8. The molecule has 0 radical (unpaired) electrons. The molecule has 1 unspecified atom stereocenters. The van der Waals surface area contributed by atoms with E-state index in [9.17, 15) is 0 Å². The van der Waals surface area contributed by atoms with Crippen LogP contribution in [0.3, 0.4) is 0 Å². The van der Waals surface area contributed by atoms with E-state index in [1.54, 1.807) is 11.5 Å². The molecule has 106 valence electrons. The first-order chi connectivity index (χ1) is 9.29. The lowest BCUT2D eigenvalue weighted by molar-refractivity contribution is 0.313. The summed E-state index contributed by atoms with van der Waals surface area (Å²) in [5.74, 6) is 2.30. The number of rotatable bonds is 5. The van der Waals surface area contributed by atoms with Crippen LogP contribution in [0.25, 0.3) is 0 Å². The average Bonchev–Trinajstić information content (AvgIpc) is 3.21. The Balaban J connectivity index is 1.71. The monoisotopic (exact) mass is 279 g/mol. The van der Waals surface area contributed by atoms with Crippen LogP contribution in [0.5, 0.6) is 0 Å². The summed E-state index contributed by atoms with van der Waals surface area (Å²) in [7, 11) is 0. The lowest BCUT2D eigenvalue weighted by Gasteiger charge is -2.30. The van der Waals surface area contributed by atoms with Gasteiger partial charge < -0.3 is 11.1 Å². The van der Waals surface area contributed by atoms with Crippen LogP contribution in [0.4, 0.5) is 10.8 Å². The van der Waals surface area contributed by atoms with Gasteiger partial charge in [-0.15, -0.1) is 0 Å². The van der Waals surface area contributed by atoms with Gasteiger partial charge in [-0.05, 0) is 55.5 Å². The molecule has 2 saturated carbocycles. The highest BCUT2D eigenvalue weighted by Gasteiger charge is 2.32. The van der Waals surface area contributed by atoms with Crippen molar-refractivity contribution in [1.29, 1.82) is 0 Å². The van der Waals surface area contributed by atoms with Gasteiger partial charge in [-0.1, -0.05) is 26.2 Å². The molecule has 0 amide bonds. The van der Waals surface area contributed by atoms with Crippen molar-refractivity contribution in [3.63, 3.8) is 0 Å². The summed E-state index contributed by atoms with van der Waals surface area (Å²) in [4.78, 5) is 0. The van der Waals surface area contributed by atoms with Crippen LogP contribution in [0.2, 0.25) is 0 Å². The zero-order chi connectivity index (χ0) is 13.2. The fraction of sp³-hybridized carbons (Fsp3) is 0.800. The quantitative estimate of drug-likeness (QED) is 0.841. The Hall–Kier alpha value is -0.770. The predicted molar refractivity (Wildman–Crippen MR) is 82.8 cm³/mol. The van der Waals surface area contributed by atoms with Crippen LogP contribution in [0.1, 0.15) is 69.8 Å². The van der Waals surface area contributed by atoms with E-state index in [1.807, 2.05) is 0 Å². The van der Waals surface area contributed by atoms with Gasteiger partial charge in [0.1, 0.15) is 10.8 Å². The summed E-state index contributed by atoms with van der Waals surface area (Å²) in [5.41, 5.74) is 7.36. The van der Waals surface area contributed by atoms with Gasteiger partial charge in [0.2, 0.25) is 0 Å². The highest BCUT2D eigenvalue weighted by Crippen LogP contribution is 2.48. The molecule has 1 aromatic heterocycles. The number of nitrogens with zero attached hydrogens (tertiary/aromatic N) is 1. The maximum Gasteiger partial charge on any atom is 0.142 e. The van der Waals surface area contributed by atoms with E-state index in [0.717, 1.165) is 11.7 Å². The summed E-state index contributed by atoms with van der Waals surface area (Å²) >= 11 is 1.57. The van der Waals surface area contributed by atoms with Gasteiger partial charge in [0, 0.05) is 11.6 Å². The summed E-state index contributed by atoms with van der Waals surface area (Å²) < 4.78 is 4.37. The molecule has 0 bridgehead atoms. The summed E-state index contributed by atoms with van der Waals surface area (Å²) in [6.45, 7) is 2.30. The maximum atomic E-state index is 6.04. The van der Waals surface area contributed by atoms with E-state index in [4.69, 9.17) is 5.73 Å². The van der Waals surface area contributed by atoms with Crippen molar-refractivity contribution in [2.75, 3.05) is 11.1 Å². The van der Waals surface area contributed by atoms with Crippen LogP contribution in [-0.2, 0) is 0 Å². The minimum absolute atomic E-state index is 0.609. The van der Waals surface area contributed by atoms with Crippen LogP contribution >= 0.6 is 11.5 Å². The molecule has 0 aliphatic heterocycles. The number of nitrogen functional groups attached to an aromatic ring is 1. The molecule has 19 heavy (non-hydrogen) atoms. The highest BCUT2D eigenvalue weighted by molar-refractivity contribution is 7.10. The van der Waals surface area contributed by atoms with Gasteiger partial charge >= 0.3 is 0 Å². The Kier molecular flexibility index (Phi) is 3.96. The van der Waals surface area contributed by atoms with E-state index in [1.165, 1.54) is 61.9 Å². The van der Waals surface area contributed by atoms with Crippen molar-refractivity contribution in [3.05, 3.63) is 5.56 Å². The normalized spacial score (nSPS) is 22.4. The van der Waals surface area contributed by atoms with Crippen LogP contribution in [0.15, 0.2) is 0 Å². The lowest BCUT2D eigenvalue weighted by atomic mass is 9.83. The van der Waals surface area contributed by atoms with Crippen molar-refractivity contribution >= 4 is 22.4 Å². The van der Waals surface area contributed by atoms with Crippen LogP contribution in [-0.4, -0.2) is 10.4 Å². The third kappa shape index (κ3) is 2.88. The zero-order valence-corrected chi connectivity index (χ0v) is 12.6. The van der Waals surface area contributed by atoms with E-state index in [0.29, 0.717) is 12.0 Å². The van der Waals surface area contributed by atoms with Crippen LogP contribution in [0, 0.1) is 5.92 Å². The first kappa shape index (κ1) is 13.2. The SMILES string of the molecule is CCC(Nc1snc(N)c1C1CC1)C1CCCCC1. The highest BCUT2D eigenvalue weighted by atomic mass is 32.1. The minimum atomic E-state index is 0.609. The summed E-state index contributed by atoms with van der Waals surface area (Å²) in [6, 6.07) is 0.609. The van der Waals surface area contributed by atoms with Gasteiger partial charge in [0.05, 0.1) is 0 Å². The average molecular weight is 279 g/mol. The van der Waals surface area contributed by atoms with E-state index >= 15 is 0 Å². The number of hydrogen-bond donors (Lipinski definition) is 2. The molecule has 0 aromatic carbocycles. The predicted octanol–water partition coefficient (Wildman–Crippen LogP) is 4.37. The van der Waals surface area contributed by atoms with Crippen molar-refractivity contribution in [3.8, 4) is 0 Å². The Bertz CT molecular complexity index is 419. The van der Waals surface area contributed by atoms with Crippen molar-refractivity contribution in [2.24, 2.45) is 5.92 Å². The van der Waals surface area contributed by atoms with Gasteiger partial charge in [-0.3, -0.25) is 0 Å². The van der Waals surface area contributed by atoms with Gasteiger partial charge in [-0.2, -0.15) is 4.37 Å². The standard InChI is InChI=1S/C15H25N3S/c1-2-12(10-6-4-3-5-7-10)17-15-13(11-8-9-11)14(16)18-19-15/h10-12,17H,2-9H2,1H3,(H2,16,18). The van der Waals surface area contributed by atoms with E-state index in [2.05, 4.69) is 16.6 Å². The molecule has 2 fully saturated rings. The Morgan fingerprint density at radius 1 is 1.26 bits per heavy atom. The minimum Gasteiger partial charge on any atom is -0.383 e. The fourth-order valence-electron chi connectivity index (χ4n) is 3.44. The molecule has 1 aromatic rings. The summed E-state index contributed by atoms with van der Waals surface area (Å²) in [5, 5.41) is 5.05. The Labute approximate surface area is 120 Å². The Morgan fingerprint density at radius 3 is 2.63 bits per heavy atom. The molecule has 4 heteroatoms. The topological polar surface area (TPSA) is 50.9 Å². The molecule has 1 heterocycles. The van der Waals surface area contributed by atoms with E-state index in [-0.39, 0.29) is 0 Å². The van der Waals surface area contributed by atoms with E-state index < -0.39 is 0 Å². The maximum absolute atomic E-state index is 6.04. The second kappa shape index (κ2) is 5.70. The van der Waals surface area contributed by atoms with Gasteiger partial charge in [0.15, 0.2) is 0 Å². The second-order valence-electron chi connectivity index (χ2n) is 6.14. The molecular formula is C15H25N3S. The molecule has 3 N–H and O–H groups in total. The largest absolute Gasteiger partial charge is 0.383 e. The molecule has 0 spiro atoms. The van der Waals surface area contributed by atoms with Crippen molar-refractivity contribution < 1.29 is 0 Å². The number of hydrogen-bond acceptors (Lipinski definition) is 4. The number of nitrogens with two attached hydrogens (primary N) is 1. The molecule has 0 saturated heterocycles. The smallest absolute Gasteiger partial charge is 0.142 e. The lowest BCUT2D eigenvalue weighted by Crippen LogP contribution is -2.30. The molecule has 2 aliphatic rings. The fourth-order valence-corrected chi connectivity index (χ4v) is 4.30. The third-order valence-corrected chi connectivity index (χ3v) is 5.52. The second-order valence-corrected chi connectivity index (χ2v) is 6.92. The number of nitrogens with one attached hydrogen (secondary N) is 1. The molecule has 2 aliphatic carbocycles. The first-order valence-electron chi connectivity index (χ1n) is 7.81. The zero-order valence-electron chi connectivity index (χ0n) is 11.8. The molecule has 3 nitrogen and oxygen atoms in total. The van der Waals surface area contributed by atoms with Crippen LogP contribution < -0.4 is 11.1 Å². The number of anilines is 2. The van der Waals surface area contributed by atoms with Gasteiger partial charge in [-0.25, -0.2) is 0 Å². The first-order valence-corrected chi connectivity index (χ1v) is 8.58.